The van der Waals surface area contributed by atoms with Gasteiger partial charge in [-0.25, -0.2) is 0 Å². The molecule has 1 heterocycles. The average molecular weight is 310 g/mol. The maximum atomic E-state index is 5.43. The third-order valence-electron chi connectivity index (χ3n) is 3.63. The molecular formula is C18H18N2O3. The van der Waals surface area contributed by atoms with E-state index < -0.39 is 0 Å². The van der Waals surface area contributed by atoms with Crippen LogP contribution >= 0.6 is 0 Å². The van der Waals surface area contributed by atoms with Crippen molar-refractivity contribution in [3.05, 3.63) is 48.7 Å². The summed E-state index contributed by atoms with van der Waals surface area (Å²) in [4.78, 5) is 4.38. The molecule has 0 amide bonds. The molecule has 0 spiro atoms. The van der Waals surface area contributed by atoms with Crippen molar-refractivity contribution in [2.45, 2.75) is 0 Å². The van der Waals surface area contributed by atoms with Crippen molar-refractivity contribution in [1.29, 1.82) is 0 Å². The van der Waals surface area contributed by atoms with Crippen molar-refractivity contribution in [1.82, 2.24) is 4.98 Å². The van der Waals surface area contributed by atoms with E-state index in [9.17, 15) is 0 Å². The third kappa shape index (κ3) is 2.99. The number of ether oxygens (including phenoxy) is 3. The molecule has 3 aromatic rings. The van der Waals surface area contributed by atoms with Crippen molar-refractivity contribution in [2.24, 2.45) is 0 Å². The molecule has 0 saturated heterocycles. The quantitative estimate of drug-likeness (QED) is 0.772. The average Bonchev–Trinajstić information content (AvgIpc) is 2.61. The van der Waals surface area contributed by atoms with Gasteiger partial charge in [0.1, 0.15) is 17.2 Å². The lowest BCUT2D eigenvalue weighted by Gasteiger charge is -2.14. The molecule has 0 aliphatic heterocycles. The first kappa shape index (κ1) is 15.0. The van der Waals surface area contributed by atoms with Gasteiger partial charge in [-0.3, -0.25) is 4.98 Å². The minimum absolute atomic E-state index is 0.706. The summed E-state index contributed by atoms with van der Waals surface area (Å²) >= 11 is 0. The molecule has 0 aliphatic carbocycles. The van der Waals surface area contributed by atoms with Crippen LogP contribution in [-0.4, -0.2) is 26.3 Å². The predicted octanol–water partition coefficient (Wildman–Crippen LogP) is 4.00. The smallest absolute Gasteiger partial charge is 0.145 e. The fourth-order valence-electron chi connectivity index (χ4n) is 2.41. The lowest BCUT2D eigenvalue weighted by Crippen LogP contribution is -1.97. The number of benzene rings is 2. The van der Waals surface area contributed by atoms with Crippen LogP contribution in [0.4, 0.5) is 11.4 Å². The highest BCUT2D eigenvalue weighted by atomic mass is 16.5. The van der Waals surface area contributed by atoms with Crippen LogP contribution in [0, 0.1) is 0 Å². The second-order valence-corrected chi connectivity index (χ2v) is 4.93. The summed E-state index contributed by atoms with van der Waals surface area (Å²) in [5.41, 5.74) is 2.67. The van der Waals surface area contributed by atoms with E-state index >= 15 is 0 Å². The molecule has 0 radical (unpaired) electrons. The Morgan fingerprint density at radius 3 is 2.26 bits per heavy atom. The monoisotopic (exact) mass is 310 g/mol. The number of anilines is 2. The van der Waals surface area contributed by atoms with Gasteiger partial charge in [-0.15, -0.1) is 0 Å². The van der Waals surface area contributed by atoms with Crippen LogP contribution in [0.3, 0.4) is 0 Å². The summed E-state index contributed by atoms with van der Waals surface area (Å²) in [5.74, 6) is 2.24. The highest BCUT2D eigenvalue weighted by molar-refractivity contribution is 5.94. The van der Waals surface area contributed by atoms with Gasteiger partial charge in [0.2, 0.25) is 0 Å². The number of nitrogens with one attached hydrogen (secondary N) is 1. The first-order valence-electron chi connectivity index (χ1n) is 7.17. The maximum absolute atomic E-state index is 5.43. The van der Waals surface area contributed by atoms with E-state index in [-0.39, 0.29) is 0 Å². The predicted molar refractivity (Wildman–Crippen MR) is 91.1 cm³/mol. The molecule has 5 nitrogen and oxygen atoms in total. The van der Waals surface area contributed by atoms with E-state index in [0.717, 1.165) is 33.8 Å². The lowest BCUT2D eigenvalue weighted by atomic mass is 10.1. The van der Waals surface area contributed by atoms with Crippen LogP contribution in [0.25, 0.3) is 10.9 Å². The zero-order valence-electron chi connectivity index (χ0n) is 13.3. The molecule has 0 unspecified atom stereocenters. The minimum atomic E-state index is 0.706. The van der Waals surface area contributed by atoms with E-state index in [0.29, 0.717) is 5.75 Å². The molecule has 23 heavy (non-hydrogen) atoms. The minimum Gasteiger partial charge on any atom is -0.497 e. The van der Waals surface area contributed by atoms with Gasteiger partial charge in [0, 0.05) is 23.3 Å². The summed E-state index contributed by atoms with van der Waals surface area (Å²) < 4.78 is 16.0. The van der Waals surface area contributed by atoms with Crippen molar-refractivity contribution in [2.75, 3.05) is 26.6 Å². The summed E-state index contributed by atoms with van der Waals surface area (Å²) in [6.45, 7) is 0. The number of nitrogens with zero attached hydrogens (tertiary/aromatic N) is 1. The molecule has 1 aromatic heterocycles. The number of fused-ring (bicyclic) bond motifs is 1. The van der Waals surface area contributed by atoms with Crippen LogP contribution in [0.5, 0.6) is 17.2 Å². The molecule has 2 aromatic carbocycles. The van der Waals surface area contributed by atoms with Gasteiger partial charge >= 0.3 is 0 Å². The Morgan fingerprint density at radius 1 is 0.783 bits per heavy atom. The second-order valence-electron chi connectivity index (χ2n) is 4.93. The zero-order chi connectivity index (χ0) is 16.2. The lowest BCUT2D eigenvalue weighted by molar-refractivity contribution is 0.395. The number of methoxy groups -OCH3 is 3. The fourth-order valence-corrected chi connectivity index (χ4v) is 2.41. The SMILES string of the molecule is COc1ccc(Nc2ccnc3ccc(OC)cc23)c(OC)c1. The van der Waals surface area contributed by atoms with E-state index in [1.165, 1.54) is 0 Å². The highest BCUT2D eigenvalue weighted by Gasteiger charge is 2.08. The zero-order valence-corrected chi connectivity index (χ0v) is 13.3. The molecule has 5 heteroatoms. The van der Waals surface area contributed by atoms with E-state index in [1.54, 1.807) is 27.5 Å². The highest BCUT2D eigenvalue weighted by Crippen LogP contribution is 2.34. The summed E-state index contributed by atoms with van der Waals surface area (Å²) in [5, 5.41) is 4.37. The van der Waals surface area contributed by atoms with Gasteiger partial charge < -0.3 is 19.5 Å². The number of hydrogen-bond acceptors (Lipinski definition) is 5. The van der Waals surface area contributed by atoms with Crippen LogP contribution < -0.4 is 19.5 Å². The van der Waals surface area contributed by atoms with Crippen LogP contribution in [0.1, 0.15) is 0 Å². The number of aromatic nitrogens is 1. The van der Waals surface area contributed by atoms with Gasteiger partial charge in [0.25, 0.3) is 0 Å². The fraction of sp³-hybridized carbons (Fsp3) is 0.167. The molecule has 118 valence electrons. The Bertz CT molecular complexity index is 834. The molecule has 1 N–H and O–H groups in total. The van der Waals surface area contributed by atoms with Crippen molar-refractivity contribution in [3.63, 3.8) is 0 Å². The van der Waals surface area contributed by atoms with Gasteiger partial charge in [-0.05, 0) is 36.4 Å². The topological polar surface area (TPSA) is 52.6 Å². The van der Waals surface area contributed by atoms with Crippen LogP contribution in [-0.2, 0) is 0 Å². The summed E-state index contributed by atoms with van der Waals surface area (Å²) in [7, 11) is 4.91. The van der Waals surface area contributed by atoms with Crippen molar-refractivity contribution in [3.8, 4) is 17.2 Å². The first-order chi connectivity index (χ1) is 11.2. The van der Waals surface area contributed by atoms with Gasteiger partial charge in [0.15, 0.2) is 0 Å². The number of pyridine rings is 1. The van der Waals surface area contributed by atoms with E-state index in [4.69, 9.17) is 14.2 Å². The number of hydrogen-bond donors (Lipinski definition) is 1. The Labute approximate surface area is 134 Å². The van der Waals surface area contributed by atoms with Crippen LogP contribution in [0.15, 0.2) is 48.7 Å². The Balaban J connectivity index is 2.04. The molecule has 0 bridgehead atoms. The second kappa shape index (κ2) is 6.44. The molecule has 0 fully saturated rings. The van der Waals surface area contributed by atoms with Crippen molar-refractivity contribution < 1.29 is 14.2 Å². The van der Waals surface area contributed by atoms with Crippen LogP contribution in [0.2, 0.25) is 0 Å². The normalized spacial score (nSPS) is 10.4. The van der Waals surface area contributed by atoms with Gasteiger partial charge in [0.05, 0.1) is 32.5 Å². The maximum Gasteiger partial charge on any atom is 0.145 e. The molecule has 0 aliphatic rings. The van der Waals surface area contributed by atoms with Gasteiger partial charge in [-0.2, -0.15) is 0 Å². The largest absolute Gasteiger partial charge is 0.497 e. The Kier molecular flexibility index (Phi) is 4.19. The number of rotatable bonds is 5. The first-order valence-corrected chi connectivity index (χ1v) is 7.17. The Hall–Kier alpha value is -2.95. The standard InChI is InChI=1S/C18H18N2O3/c1-21-12-4-6-15-14(10-12)16(8-9-19-15)20-17-7-5-13(22-2)11-18(17)23-3/h4-11H,1-3H3,(H,19,20). The molecule has 0 atom stereocenters. The molecule has 3 rings (SSSR count). The third-order valence-corrected chi connectivity index (χ3v) is 3.63. The molecular weight excluding hydrogens is 292 g/mol. The van der Waals surface area contributed by atoms with Gasteiger partial charge in [-0.1, -0.05) is 0 Å². The van der Waals surface area contributed by atoms with Crippen molar-refractivity contribution >= 4 is 22.3 Å². The molecule has 0 saturated carbocycles. The van der Waals surface area contributed by atoms with E-state index in [1.807, 2.05) is 42.5 Å². The Morgan fingerprint density at radius 2 is 1.52 bits per heavy atom. The van der Waals surface area contributed by atoms with E-state index in [2.05, 4.69) is 10.3 Å². The summed E-state index contributed by atoms with van der Waals surface area (Å²) in [6.07, 6.45) is 1.77. The summed E-state index contributed by atoms with van der Waals surface area (Å²) in [6, 6.07) is 13.4.